The molecule has 0 bridgehead atoms. The van der Waals surface area contributed by atoms with Gasteiger partial charge in [-0.2, -0.15) is 4.52 Å². The smallest absolute Gasteiger partial charge is 0.178 e. The Kier molecular flexibility index (Phi) is 3.96. The van der Waals surface area contributed by atoms with Crippen molar-refractivity contribution in [2.24, 2.45) is 0 Å². The van der Waals surface area contributed by atoms with E-state index in [1.165, 1.54) is 12.1 Å². The van der Waals surface area contributed by atoms with Crippen LogP contribution in [0.1, 0.15) is 24.4 Å². The number of sulfone groups is 1. The summed E-state index contributed by atoms with van der Waals surface area (Å²) in [4.78, 5) is -0.307. The van der Waals surface area contributed by atoms with Gasteiger partial charge in [-0.05, 0) is 43.7 Å². The molecular formula is C15H16FN5O2S. The Morgan fingerprint density at radius 3 is 2.62 bits per heavy atom. The fourth-order valence-corrected chi connectivity index (χ4v) is 3.09. The molecule has 126 valence electrons. The van der Waals surface area contributed by atoms with Gasteiger partial charge in [0.1, 0.15) is 16.5 Å². The van der Waals surface area contributed by atoms with E-state index in [4.69, 9.17) is 0 Å². The van der Waals surface area contributed by atoms with Crippen molar-refractivity contribution >= 4 is 21.3 Å². The van der Waals surface area contributed by atoms with Crippen LogP contribution in [0.4, 0.5) is 10.2 Å². The molecule has 2 aromatic heterocycles. The molecule has 1 N–H and O–H groups in total. The van der Waals surface area contributed by atoms with Gasteiger partial charge in [0.05, 0.1) is 6.04 Å². The minimum Gasteiger partial charge on any atom is -0.362 e. The second-order valence-electron chi connectivity index (χ2n) is 5.56. The molecule has 0 amide bonds. The summed E-state index contributed by atoms with van der Waals surface area (Å²) in [5, 5.41) is 15.4. The lowest BCUT2D eigenvalue weighted by Gasteiger charge is -2.15. The molecule has 2 heterocycles. The van der Waals surface area contributed by atoms with Gasteiger partial charge < -0.3 is 5.32 Å². The maximum absolute atomic E-state index is 14.0. The van der Waals surface area contributed by atoms with Crippen molar-refractivity contribution in [3.63, 3.8) is 0 Å². The molecule has 1 atom stereocenters. The first-order chi connectivity index (χ1) is 11.3. The Morgan fingerprint density at radius 1 is 1.21 bits per heavy atom. The third-order valence-corrected chi connectivity index (χ3v) is 4.77. The Balaban J connectivity index is 1.87. The van der Waals surface area contributed by atoms with Gasteiger partial charge in [-0.15, -0.1) is 15.3 Å². The summed E-state index contributed by atoms with van der Waals surface area (Å²) in [5.74, 6) is 0.470. The first-order valence-electron chi connectivity index (χ1n) is 7.21. The lowest BCUT2D eigenvalue weighted by Crippen LogP contribution is -2.11. The fraction of sp³-hybridized carbons (Fsp3) is 0.267. The van der Waals surface area contributed by atoms with E-state index in [0.717, 1.165) is 6.26 Å². The first kappa shape index (κ1) is 16.3. The summed E-state index contributed by atoms with van der Waals surface area (Å²) >= 11 is 0. The van der Waals surface area contributed by atoms with E-state index in [0.29, 0.717) is 22.9 Å². The van der Waals surface area contributed by atoms with Gasteiger partial charge >= 0.3 is 0 Å². The van der Waals surface area contributed by atoms with Crippen LogP contribution in [0.15, 0.2) is 35.2 Å². The number of nitrogens with zero attached hydrogens (tertiary/aromatic N) is 4. The van der Waals surface area contributed by atoms with Crippen LogP contribution >= 0.6 is 0 Å². The molecular weight excluding hydrogens is 333 g/mol. The molecule has 1 unspecified atom stereocenters. The second kappa shape index (κ2) is 5.82. The highest BCUT2D eigenvalue weighted by Gasteiger charge is 2.16. The van der Waals surface area contributed by atoms with Gasteiger partial charge in [0.2, 0.25) is 0 Å². The van der Waals surface area contributed by atoms with Crippen molar-refractivity contribution in [2.75, 3.05) is 11.6 Å². The number of anilines is 1. The molecule has 0 fully saturated rings. The Morgan fingerprint density at radius 2 is 1.96 bits per heavy atom. The highest BCUT2D eigenvalue weighted by molar-refractivity contribution is 7.90. The zero-order valence-electron chi connectivity index (χ0n) is 13.4. The van der Waals surface area contributed by atoms with Crippen LogP contribution in [0.5, 0.6) is 0 Å². The van der Waals surface area contributed by atoms with E-state index in [1.54, 1.807) is 29.6 Å². The van der Waals surface area contributed by atoms with E-state index >= 15 is 0 Å². The zero-order chi connectivity index (χ0) is 17.5. The Labute approximate surface area is 138 Å². The summed E-state index contributed by atoms with van der Waals surface area (Å²) in [7, 11) is -3.58. The van der Waals surface area contributed by atoms with Crippen LogP contribution in [-0.2, 0) is 9.84 Å². The second-order valence-corrected chi connectivity index (χ2v) is 7.55. The molecule has 0 saturated heterocycles. The van der Waals surface area contributed by atoms with Crippen molar-refractivity contribution in [1.82, 2.24) is 19.8 Å². The van der Waals surface area contributed by atoms with Crippen molar-refractivity contribution < 1.29 is 12.8 Å². The molecule has 1 aromatic carbocycles. The fourth-order valence-electron chi connectivity index (χ4n) is 2.37. The molecule has 0 aliphatic rings. The lowest BCUT2D eigenvalue weighted by molar-refractivity contribution is 0.568. The van der Waals surface area contributed by atoms with E-state index in [1.807, 2.05) is 6.92 Å². The molecule has 7 nitrogen and oxygen atoms in total. The van der Waals surface area contributed by atoms with Gasteiger partial charge in [-0.3, -0.25) is 0 Å². The minimum absolute atomic E-state index is 0.269. The molecule has 24 heavy (non-hydrogen) atoms. The van der Waals surface area contributed by atoms with Crippen molar-refractivity contribution in [3.05, 3.63) is 47.5 Å². The predicted molar refractivity (Wildman–Crippen MR) is 87.1 cm³/mol. The quantitative estimate of drug-likeness (QED) is 0.776. The number of aromatic nitrogens is 4. The highest BCUT2D eigenvalue weighted by Crippen LogP contribution is 2.22. The van der Waals surface area contributed by atoms with Gasteiger partial charge in [0.25, 0.3) is 0 Å². The number of benzene rings is 1. The topological polar surface area (TPSA) is 89.2 Å². The summed E-state index contributed by atoms with van der Waals surface area (Å²) in [6, 6.07) is 7.33. The average molecular weight is 349 g/mol. The largest absolute Gasteiger partial charge is 0.362 e. The van der Waals surface area contributed by atoms with Crippen LogP contribution in [0.3, 0.4) is 0 Å². The Hall–Kier alpha value is -2.55. The number of nitrogens with one attached hydrogen (secondary N) is 1. The summed E-state index contributed by atoms with van der Waals surface area (Å²) in [6.45, 7) is 3.62. The standard InChI is InChI=1S/C15H16FN5O2S/c1-9(11-4-5-13(12(16)8-11)24(3,22)23)17-14-6-7-15-19-18-10(2)21(15)20-14/h4-9H,1-3H3,(H,17,20). The van der Waals surface area contributed by atoms with Crippen LogP contribution in [0, 0.1) is 12.7 Å². The molecule has 3 rings (SSSR count). The number of hydrogen-bond donors (Lipinski definition) is 1. The molecule has 0 spiro atoms. The molecule has 9 heteroatoms. The van der Waals surface area contributed by atoms with E-state index in [2.05, 4.69) is 20.6 Å². The van der Waals surface area contributed by atoms with Crippen LogP contribution in [0.25, 0.3) is 5.65 Å². The van der Waals surface area contributed by atoms with Crippen molar-refractivity contribution in [2.45, 2.75) is 24.8 Å². The zero-order valence-corrected chi connectivity index (χ0v) is 14.2. The van der Waals surface area contributed by atoms with Crippen LogP contribution < -0.4 is 5.32 Å². The number of hydrogen-bond acceptors (Lipinski definition) is 6. The molecule has 3 aromatic rings. The highest BCUT2D eigenvalue weighted by atomic mass is 32.2. The third-order valence-electron chi connectivity index (χ3n) is 3.64. The Bertz CT molecular complexity index is 1020. The average Bonchev–Trinajstić information content (AvgIpc) is 2.87. The summed E-state index contributed by atoms with van der Waals surface area (Å²) in [5.41, 5.74) is 1.25. The van der Waals surface area contributed by atoms with E-state index in [9.17, 15) is 12.8 Å². The van der Waals surface area contributed by atoms with Gasteiger partial charge in [-0.1, -0.05) is 6.07 Å². The van der Waals surface area contributed by atoms with E-state index < -0.39 is 15.7 Å². The molecule has 0 aliphatic heterocycles. The molecule has 0 aliphatic carbocycles. The normalized spacial score (nSPS) is 13.2. The minimum atomic E-state index is -3.58. The van der Waals surface area contributed by atoms with Gasteiger partial charge in [-0.25, -0.2) is 12.8 Å². The SMILES string of the molecule is Cc1nnc2ccc(NC(C)c3ccc(S(C)(=O)=O)c(F)c3)nn12. The predicted octanol–water partition coefficient (Wildman–Crippen LogP) is 2.15. The number of rotatable bonds is 4. The first-order valence-corrected chi connectivity index (χ1v) is 9.10. The summed E-state index contributed by atoms with van der Waals surface area (Å²) < 4.78 is 38.6. The lowest BCUT2D eigenvalue weighted by atomic mass is 10.1. The maximum atomic E-state index is 14.0. The number of fused-ring (bicyclic) bond motifs is 1. The van der Waals surface area contributed by atoms with Crippen LogP contribution in [-0.4, -0.2) is 34.5 Å². The molecule has 0 saturated carbocycles. The maximum Gasteiger partial charge on any atom is 0.178 e. The third kappa shape index (κ3) is 3.07. The summed E-state index contributed by atoms with van der Waals surface area (Å²) in [6.07, 6.45) is 0.980. The van der Waals surface area contributed by atoms with Crippen molar-refractivity contribution in [1.29, 1.82) is 0 Å². The van der Waals surface area contributed by atoms with Gasteiger partial charge in [0, 0.05) is 6.26 Å². The van der Waals surface area contributed by atoms with Crippen LogP contribution in [0.2, 0.25) is 0 Å². The number of aryl methyl sites for hydroxylation is 1. The monoisotopic (exact) mass is 349 g/mol. The van der Waals surface area contributed by atoms with Gasteiger partial charge in [0.15, 0.2) is 21.3 Å². The number of halogens is 1. The molecule has 0 radical (unpaired) electrons. The van der Waals surface area contributed by atoms with E-state index in [-0.39, 0.29) is 10.9 Å². The van der Waals surface area contributed by atoms with Crippen molar-refractivity contribution in [3.8, 4) is 0 Å².